The van der Waals surface area contributed by atoms with Gasteiger partial charge in [-0.1, -0.05) is 0 Å². The Balaban J connectivity index is 1.52. The highest BCUT2D eigenvalue weighted by molar-refractivity contribution is 7.10. The first kappa shape index (κ1) is 16.0. The van der Waals surface area contributed by atoms with Gasteiger partial charge in [0.25, 0.3) is 0 Å². The van der Waals surface area contributed by atoms with Crippen LogP contribution in [0.5, 0.6) is 0 Å². The van der Waals surface area contributed by atoms with Crippen molar-refractivity contribution in [3.63, 3.8) is 0 Å². The van der Waals surface area contributed by atoms with Crippen molar-refractivity contribution in [2.45, 2.75) is 45.1 Å². The number of fused-ring (bicyclic) bond motifs is 1. The molecule has 0 saturated carbocycles. The summed E-state index contributed by atoms with van der Waals surface area (Å²) in [5, 5.41) is 14.4. The molecule has 1 aliphatic carbocycles. The second-order valence-corrected chi connectivity index (χ2v) is 7.42. The van der Waals surface area contributed by atoms with Crippen molar-refractivity contribution in [3.8, 4) is 0 Å². The second kappa shape index (κ2) is 7.57. The number of aliphatic hydroxyl groups is 1. The van der Waals surface area contributed by atoms with E-state index in [9.17, 15) is 4.79 Å². The van der Waals surface area contributed by atoms with Crippen LogP contribution in [0.2, 0.25) is 0 Å². The molecule has 2 N–H and O–H groups in total. The van der Waals surface area contributed by atoms with Crippen molar-refractivity contribution in [2.75, 3.05) is 26.2 Å². The van der Waals surface area contributed by atoms with Crippen LogP contribution >= 0.6 is 11.3 Å². The van der Waals surface area contributed by atoms with E-state index in [0.29, 0.717) is 13.1 Å². The quantitative estimate of drug-likeness (QED) is 0.871. The fourth-order valence-electron chi connectivity index (χ4n) is 3.65. The van der Waals surface area contributed by atoms with E-state index in [1.165, 1.54) is 41.7 Å². The molecule has 1 aromatic heterocycles. The van der Waals surface area contributed by atoms with Gasteiger partial charge in [0.1, 0.15) is 0 Å². The zero-order valence-electron chi connectivity index (χ0n) is 13.1. The number of carbonyl (C=O) groups is 1. The average Bonchev–Trinajstić information content (AvgIpc) is 2.96. The van der Waals surface area contributed by atoms with Crippen molar-refractivity contribution >= 4 is 17.2 Å². The van der Waals surface area contributed by atoms with Crippen molar-refractivity contribution < 1.29 is 9.90 Å². The van der Waals surface area contributed by atoms with Crippen LogP contribution < -0.4 is 5.32 Å². The second-order valence-electron chi connectivity index (χ2n) is 6.45. The number of nitrogens with one attached hydrogen (secondary N) is 1. The van der Waals surface area contributed by atoms with Gasteiger partial charge in [0.05, 0.1) is 12.5 Å². The van der Waals surface area contributed by atoms with Gasteiger partial charge in [-0.05, 0) is 61.6 Å². The normalized spacial score (nSPS) is 22.3. The predicted molar refractivity (Wildman–Crippen MR) is 89.1 cm³/mol. The zero-order chi connectivity index (χ0) is 15.4. The van der Waals surface area contributed by atoms with Gasteiger partial charge in [-0.3, -0.25) is 4.79 Å². The third-order valence-electron chi connectivity index (χ3n) is 4.89. The molecule has 1 atom stereocenters. The molecule has 0 unspecified atom stereocenters. The minimum atomic E-state index is 0.0785. The third kappa shape index (κ3) is 3.70. The lowest BCUT2D eigenvalue weighted by molar-refractivity contribution is -0.126. The van der Waals surface area contributed by atoms with E-state index in [4.69, 9.17) is 5.11 Å². The predicted octanol–water partition coefficient (Wildman–Crippen LogP) is 1.95. The topological polar surface area (TPSA) is 52.6 Å². The first-order valence-corrected chi connectivity index (χ1v) is 9.35. The molecular formula is C17H26N2O2S. The van der Waals surface area contributed by atoms with Gasteiger partial charge in [0, 0.05) is 24.5 Å². The van der Waals surface area contributed by atoms with E-state index in [2.05, 4.69) is 15.6 Å². The van der Waals surface area contributed by atoms with Crippen LogP contribution in [0, 0.1) is 5.92 Å². The van der Waals surface area contributed by atoms with E-state index in [-0.39, 0.29) is 18.4 Å². The maximum Gasteiger partial charge on any atom is 0.224 e. The smallest absolute Gasteiger partial charge is 0.224 e. The summed E-state index contributed by atoms with van der Waals surface area (Å²) in [6.07, 6.45) is 7.00. The van der Waals surface area contributed by atoms with Crippen LogP contribution in [0.4, 0.5) is 0 Å². The number of carbonyl (C=O) groups excluding carboxylic acids is 1. The molecule has 1 amide bonds. The van der Waals surface area contributed by atoms with Gasteiger partial charge in [0.15, 0.2) is 0 Å². The molecule has 22 heavy (non-hydrogen) atoms. The van der Waals surface area contributed by atoms with Gasteiger partial charge < -0.3 is 15.3 Å². The molecule has 1 aromatic rings. The van der Waals surface area contributed by atoms with Crippen molar-refractivity contribution in [3.05, 3.63) is 21.4 Å². The molecule has 3 rings (SSSR count). The van der Waals surface area contributed by atoms with E-state index in [0.717, 1.165) is 25.9 Å². The van der Waals surface area contributed by atoms with Crippen LogP contribution in [0.3, 0.4) is 0 Å². The first-order valence-electron chi connectivity index (χ1n) is 8.47. The van der Waals surface area contributed by atoms with E-state index < -0.39 is 0 Å². The Hall–Kier alpha value is -0.910. The minimum absolute atomic E-state index is 0.0785. The highest BCUT2D eigenvalue weighted by atomic mass is 32.1. The SMILES string of the molecule is O=C(NCc1csc2c1CCCC2)[C@H]1CCCN(CCO)C1. The molecule has 0 spiro atoms. The maximum absolute atomic E-state index is 12.4. The lowest BCUT2D eigenvalue weighted by Gasteiger charge is -2.31. The minimum Gasteiger partial charge on any atom is -0.395 e. The Bertz CT molecular complexity index is 513. The Kier molecular flexibility index (Phi) is 5.50. The third-order valence-corrected chi connectivity index (χ3v) is 6.03. The van der Waals surface area contributed by atoms with Crippen LogP contribution in [-0.4, -0.2) is 42.2 Å². The number of aliphatic hydroxyl groups excluding tert-OH is 1. The Labute approximate surface area is 136 Å². The zero-order valence-corrected chi connectivity index (χ0v) is 14.0. The van der Waals surface area contributed by atoms with Crippen LogP contribution in [0.1, 0.15) is 41.7 Å². The molecule has 1 saturated heterocycles. The van der Waals surface area contributed by atoms with Gasteiger partial charge in [-0.2, -0.15) is 0 Å². The molecule has 4 nitrogen and oxygen atoms in total. The maximum atomic E-state index is 12.4. The van der Waals surface area contributed by atoms with Gasteiger partial charge in [-0.25, -0.2) is 0 Å². The fraction of sp³-hybridized carbons (Fsp3) is 0.706. The molecule has 122 valence electrons. The molecule has 1 fully saturated rings. The summed E-state index contributed by atoms with van der Waals surface area (Å²) in [4.78, 5) is 16.1. The van der Waals surface area contributed by atoms with E-state index in [1.807, 2.05) is 11.3 Å². The largest absolute Gasteiger partial charge is 0.395 e. The van der Waals surface area contributed by atoms with E-state index in [1.54, 1.807) is 0 Å². The Morgan fingerprint density at radius 2 is 2.23 bits per heavy atom. The highest BCUT2D eigenvalue weighted by Crippen LogP contribution is 2.30. The van der Waals surface area contributed by atoms with Crippen LogP contribution in [-0.2, 0) is 24.2 Å². The molecule has 5 heteroatoms. The van der Waals surface area contributed by atoms with Crippen molar-refractivity contribution in [1.29, 1.82) is 0 Å². The van der Waals surface area contributed by atoms with Gasteiger partial charge in [-0.15, -0.1) is 11.3 Å². The number of likely N-dealkylation sites (tertiary alicyclic amines) is 1. The number of nitrogens with zero attached hydrogens (tertiary/aromatic N) is 1. The number of piperidine rings is 1. The molecular weight excluding hydrogens is 296 g/mol. The monoisotopic (exact) mass is 322 g/mol. The number of hydrogen-bond donors (Lipinski definition) is 2. The summed E-state index contributed by atoms with van der Waals surface area (Å²) >= 11 is 1.86. The average molecular weight is 322 g/mol. The summed E-state index contributed by atoms with van der Waals surface area (Å²) in [6, 6.07) is 0. The molecule has 0 radical (unpaired) electrons. The highest BCUT2D eigenvalue weighted by Gasteiger charge is 2.25. The molecule has 2 heterocycles. The molecule has 0 bridgehead atoms. The Morgan fingerprint density at radius 3 is 3.09 bits per heavy atom. The lowest BCUT2D eigenvalue weighted by Crippen LogP contribution is -2.43. The fourth-order valence-corrected chi connectivity index (χ4v) is 4.80. The standard InChI is InChI=1S/C17H26N2O2S/c20-9-8-19-7-3-4-13(11-19)17(21)18-10-14-12-22-16-6-2-1-5-15(14)16/h12-13,20H,1-11H2,(H,18,21)/t13-/m0/s1. The number of β-amino-alcohol motifs (C(OH)–C–C–N with tert-alkyl or cyclic N) is 1. The summed E-state index contributed by atoms with van der Waals surface area (Å²) in [6.45, 7) is 3.33. The number of rotatable bonds is 5. The van der Waals surface area contributed by atoms with Crippen LogP contribution in [0.25, 0.3) is 0 Å². The molecule has 0 aromatic carbocycles. The first-order chi connectivity index (χ1) is 10.8. The Morgan fingerprint density at radius 1 is 1.36 bits per heavy atom. The van der Waals surface area contributed by atoms with Gasteiger partial charge in [0.2, 0.25) is 5.91 Å². The summed E-state index contributed by atoms with van der Waals surface area (Å²) in [5.74, 6) is 0.258. The number of aryl methyl sites for hydroxylation is 1. The number of amides is 1. The molecule has 2 aliphatic rings. The summed E-state index contributed by atoms with van der Waals surface area (Å²) in [5.41, 5.74) is 2.83. The van der Waals surface area contributed by atoms with E-state index >= 15 is 0 Å². The summed E-state index contributed by atoms with van der Waals surface area (Å²) in [7, 11) is 0. The number of hydrogen-bond acceptors (Lipinski definition) is 4. The van der Waals surface area contributed by atoms with Crippen molar-refractivity contribution in [1.82, 2.24) is 10.2 Å². The van der Waals surface area contributed by atoms with Gasteiger partial charge >= 0.3 is 0 Å². The summed E-state index contributed by atoms with van der Waals surface area (Å²) < 4.78 is 0. The number of thiophene rings is 1. The molecule has 1 aliphatic heterocycles. The van der Waals surface area contributed by atoms with Crippen LogP contribution in [0.15, 0.2) is 5.38 Å². The van der Waals surface area contributed by atoms with Crippen molar-refractivity contribution in [2.24, 2.45) is 5.92 Å². The lowest BCUT2D eigenvalue weighted by atomic mass is 9.95.